The second-order valence-corrected chi connectivity index (χ2v) is 6.46. The minimum absolute atomic E-state index is 0.0615. The van der Waals surface area contributed by atoms with Crippen LogP contribution in [0.3, 0.4) is 0 Å². The molecule has 114 valence electrons. The van der Waals surface area contributed by atoms with E-state index in [1.54, 1.807) is 11.3 Å². The summed E-state index contributed by atoms with van der Waals surface area (Å²) in [7, 11) is 0. The number of hydrogen-bond acceptors (Lipinski definition) is 5. The topological polar surface area (TPSA) is 86.1 Å². The summed E-state index contributed by atoms with van der Waals surface area (Å²) >= 11 is 1.55. The van der Waals surface area contributed by atoms with Gasteiger partial charge in [-0.2, -0.15) is 0 Å². The first-order valence-corrected chi connectivity index (χ1v) is 8.00. The molecule has 1 amide bonds. The highest BCUT2D eigenvalue weighted by molar-refractivity contribution is 7.13. The molecule has 3 N–H and O–H groups in total. The maximum Gasteiger partial charge on any atom is 0.247 e. The molecule has 0 bridgehead atoms. The lowest BCUT2D eigenvalue weighted by Gasteiger charge is -2.10. The number of carbonyl (C=O) groups excluding carboxylic acids is 1. The van der Waals surface area contributed by atoms with Crippen molar-refractivity contribution >= 4 is 29.0 Å². The molecule has 1 aromatic rings. The van der Waals surface area contributed by atoms with Gasteiger partial charge in [0.25, 0.3) is 0 Å². The Balaban J connectivity index is 2.36. The lowest BCUT2D eigenvalue weighted by Crippen LogP contribution is -2.27. The van der Waals surface area contributed by atoms with Crippen LogP contribution in [-0.2, 0) is 4.79 Å². The van der Waals surface area contributed by atoms with Crippen LogP contribution >= 0.6 is 11.3 Å². The van der Waals surface area contributed by atoms with Crippen LogP contribution in [0, 0.1) is 12.3 Å². The lowest BCUT2D eigenvalue weighted by atomic mass is 10.0. The van der Waals surface area contributed by atoms with E-state index in [9.17, 15) is 4.79 Å². The van der Waals surface area contributed by atoms with Crippen molar-refractivity contribution in [3.63, 3.8) is 0 Å². The van der Waals surface area contributed by atoms with E-state index in [1.165, 1.54) is 6.21 Å². The highest BCUT2D eigenvalue weighted by atomic mass is 32.1. The molecule has 2 rings (SSSR count). The minimum atomic E-state index is -0.131. The Bertz CT molecular complexity index is 577. The molecule has 1 unspecified atom stereocenters. The van der Waals surface area contributed by atoms with Crippen LogP contribution < -0.4 is 5.32 Å². The molecule has 21 heavy (non-hydrogen) atoms. The molecule has 0 spiro atoms. The first-order valence-electron chi connectivity index (χ1n) is 7.18. The van der Waals surface area contributed by atoms with E-state index in [0.29, 0.717) is 36.5 Å². The molecule has 0 aromatic carbocycles. The van der Waals surface area contributed by atoms with Crippen molar-refractivity contribution in [1.29, 1.82) is 5.41 Å². The number of nitrogens with one attached hydrogen (secondary N) is 2. The number of aliphatic hydroxyl groups is 1. The van der Waals surface area contributed by atoms with Gasteiger partial charge in [-0.05, 0) is 26.2 Å². The van der Waals surface area contributed by atoms with Gasteiger partial charge < -0.3 is 15.8 Å². The van der Waals surface area contributed by atoms with Crippen LogP contribution in [0.5, 0.6) is 0 Å². The molecule has 0 aliphatic heterocycles. The standard InChI is InChI=1S/C15H21N3O2S/c1-9-4-5-11(15(20)17-6-3-7-19)12(8-16)14-13(9)18-10(2)21-14/h8-9,16,19H,3-7H2,1-2H3,(H,17,20). The number of hydrogen-bond donors (Lipinski definition) is 3. The largest absolute Gasteiger partial charge is 0.396 e. The van der Waals surface area contributed by atoms with Gasteiger partial charge in [-0.1, -0.05) is 6.92 Å². The minimum Gasteiger partial charge on any atom is -0.396 e. The van der Waals surface area contributed by atoms with Gasteiger partial charge in [-0.15, -0.1) is 11.3 Å². The predicted molar refractivity (Wildman–Crippen MR) is 84.9 cm³/mol. The fraction of sp³-hybridized carbons (Fsp3) is 0.533. The number of carbonyl (C=O) groups is 1. The molecule has 1 aliphatic carbocycles. The zero-order chi connectivity index (χ0) is 15.4. The molecule has 1 aromatic heterocycles. The number of rotatable bonds is 5. The second-order valence-electron chi connectivity index (χ2n) is 5.26. The summed E-state index contributed by atoms with van der Waals surface area (Å²) in [6.07, 6.45) is 3.32. The van der Waals surface area contributed by atoms with Crippen molar-refractivity contribution in [2.45, 2.75) is 39.0 Å². The molecular formula is C15H21N3O2S. The first kappa shape index (κ1) is 15.9. The summed E-state index contributed by atoms with van der Waals surface area (Å²) < 4.78 is 0. The number of allylic oxidation sites excluding steroid dienone is 1. The van der Waals surface area contributed by atoms with Gasteiger partial charge in [0.15, 0.2) is 0 Å². The Morgan fingerprint density at radius 3 is 3.05 bits per heavy atom. The van der Waals surface area contributed by atoms with E-state index >= 15 is 0 Å². The number of aromatic nitrogens is 1. The number of thiazole rings is 1. The smallest absolute Gasteiger partial charge is 0.247 e. The number of fused-ring (bicyclic) bond motifs is 1. The van der Waals surface area contributed by atoms with E-state index in [-0.39, 0.29) is 12.5 Å². The average molecular weight is 307 g/mol. The summed E-state index contributed by atoms with van der Waals surface area (Å²) in [5.41, 5.74) is 2.37. The molecule has 5 nitrogen and oxygen atoms in total. The SMILES string of the molecule is Cc1nc2c(s1)C(C=N)=C(C(=O)NCCCO)CCC2C. The van der Waals surface area contributed by atoms with Crippen molar-refractivity contribution in [2.24, 2.45) is 0 Å². The monoisotopic (exact) mass is 307 g/mol. The average Bonchev–Trinajstić information content (AvgIpc) is 2.79. The lowest BCUT2D eigenvalue weighted by molar-refractivity contribution is -0.117. The fourth-order valence-electron chi connectivity index (χ4n) is 2.52. The number of aryl methyl sites for hydroxylation is 1. The number of amides is 1. The van der Waals surface area contributed by atoms with Crippen LogP contribution in [0.25, 0.3) is 5.57 Å². The summed E-state index contributed by atoms with van der Waals surface area (Å²) in [5.74, 6) is 0.163. The van der Waals surface area contributed by atoms with E-state index in [1.807, 2.05) is 6.92 Å². The number of nitrogens with zero attached hydrogens (tertiary/aromatic N) is 1. The van der Waals surface area contributed by atoms with Crippen LogP contribution in [0.1, 0.15) is 47.7 Å². The van der Waals surface area contributed by atoms with Gasteiger partial charge in [-0.3, -0.25) is 4.79 Å². The third-order valence-electron chi connectivity index (χ3n) is 3.66. The molecule has 1 atom stereocenters. The van der Waals surface area contributed by atoms with Gasteiger partial charge in [0.2, 0.25) is 5.91 Å². The molecule has 0 saturated carbocycles. The molecular weight excluding hydrogens is 286 g/mol. The maximum absolute atomic E-state index is 12.3. The van der Waals surface area contributed by atoms with Crippen molar-refractivity contribution < 1.29 is 9.90 Å². The van der Waals surface area contributed by atoms with Crippen LogP contribution in [0.2, 0.25) is 0 Å². The van der Waals surface area contributed by atoms with E-state index in [0.717, 1.165) is 22.0 Å². The van der Waals surface area contributed by atoms with E-state index < -0.39 is 0 Å². The van der Waals surface area contributed by atoms with Gasteiger partial charge >= 0.3 is 0 Å². The number of aliphatic hydroxyl groups excluding tert-OH is 1. The third-order valence-corrected chi connectivity index (χ3v) is 4.68. The third kappa shape index (κ3) is 3.39. The zero-order valence-electron chi connectivity index (χ0n) is 12.4. The van der Waals surface area contributed by atoms with Crippen LogP contribution in [-0.4, -0.2) is 35.4 Å². The normalized spacial score (nSPS) is 18.1. The van der Waals surface area contributed by atoms with Gasteiger partial charge in [0.1, 0.15) is 0 Å². The van der Waals surface area contributed by atoms with Gasteiger partial charge in [0.05, 0.1) is 15.6 Å². The summed E-state index contributed by atoms with van der Waals surface area (Å²) in [6.45, 7) is 4.58. The molecule has 6 heteroatoms. The fourth-order valence-corrected chi connectivity index (χ4v) is 3.60. The Hall–Kier alpha value is -1.53. The summed E-state index contributed by atoms with van der Waals surface area (Å²) in [4.78, 5) is 17.9. The first-order chi connectivity index (χ1) is 10.1. The Morgan fingerprint density at radius 1 is 1.62 bits per heavy atom. The van der Waals surface area contributed by atoms with Crippen molar-refractivity contribution in [3.8, 4) is 0 Å². The summed E-state index contributed by atoms with van der Waals surface area (Å²) in [6, 6.07) is 0. The summed E-state index contributed by atoms with van der Waals surface area (Å²) in [5, 5.41) is 20.3. The Kier molecular flexibility index (Phi) is 5.25. The van der Waals surface area contributed by atoms with E-state index in [4.69, 9.17) is 10.5 Å². The zero-order valence-corrected chi connectivity index (χ0v) is 13.2. The van der Waals surface area contributed by atoms with Crippen molar-refractivity contribution in [1.82, 2.24) is 10.3 Å². The highest BCUT2D eigenvalue weighted by Crippen LogP contribution is 2.38. The quantitative estimate of drug-likeness (QED) is 0.576. The van der Waals surface area contributed by atoms with E-state index in [2.05, 4.69) is 17.2 Å². The molecule has 1 heterocycles. The molecule has 1 aliphatic rings. The van der Waals surface area contributed by atoms with Crippen molar-refractivity contribution in [3.05, 3.63) is 21.2 Å². The molecule has 0 radical (unpaired) electrons. The predicted octanol–water partition coefficient (Wildman–Crippen LogP) is 2.25. The maximum atomic E-state index is 12.3. The van der Waals surface area contributed by atoms with Gasteiger partial charge in [0, 0.05) is 36.4 Å². The Labute approximate surface area is 128 Å². The molecule has 0 fully saturated rings. The molecule has 0 saturated heterocycles. The Morgan fingerprint density at radius 2 is 2.38 bits per heavy atom. The van der Waals surface area contributed by atoms with Crippen molar-refractivity contribution in [2.75, 3.05) is 13.2 Å². The highest BCUT2D eigenvalue weighted by Gasteiger charge is 2.27. The van der Waals surface area contributed by atoms with Crippen LogP contribution in [0.4, 0.5) is 0 Å². The van der Waals surface area contributed by atoms with Crippen LogP contribution in [0.15, 0.2) is 5.57 Å². The van der Waals surface area contributed by atoms with Gasteiger partial charge in [-0.25, -0.2) is 4.98 Å². The second kappa shape index (κ2) is 6.95.